The van der Waals surface area contributed by atoms with Gasteiger partial charge < -0.3 is 10.2 Å². The van der Waals surface area contributed by atoms with Gasteiger partial charge in [0.2, 0.25) is 5.91 Å². The molecule has 2 fully saturated rings. The van der Waals surface area contributed by atoms with Crippen LogP contribution in [0, 0.1) is 0 Å². The van der Waals surface area contributed by atoms with E-state index in [0.717, 1.165) is 44.0 Å². The Morgan fingerprint density at radius 3 is 2.46 bits per heavy atom. The van der Waals surface area contributed by atoms with Gasteiger partial charge in [-0.15, -0.1) is 0 Å². The molecule has 0 aromatic heterocycles. The number of rotatable bonds is 4. The fourth-order valence-electron chi connectivity index (χ4n) is 3.74. The van der Waals surface area contributed by atoms with E-state index in [1.807, 2.05) is 18.2 Å². The predicted octanol–water partition coefficient (Wildman–Crippen LogP) is 3.30. The fraction of sp³-hybridized carbons (Fsp3) is 0.632. The Labute approximate surface area is 150 Å². The van der Waals surface area contributed by atoms with Crippen LogP contribution in [0.1, 0.15) is 38.5 Å². The Balaban J connectivity index is 1.42. The van der Waals surface area contributed by atoms with E-state index in [2.05, 4.69) is 21.2 Å². The molecule has 0 atom stereocenters. The molecule has 3 rings (SSSR count). The van der Waals surface area contributed by atoms with E-state index in [1.165, 1.54) is 31.4 Å². The van der Waals surface area contributed by atoms with E-state index < -0.39 is 0 Å². The van der Waals surface area contributed by atoms with Gasteiger partial charge in [0.1, 0.15) is 0 Å². The predicted molar refractivity (Wildman–Crippen MR) is 99.7 cm³/mol. The summed E-state index contributed by atoms with van der Waals surface area (Å²) >= 11 is 6.08. The average Bonchev–Trinajstić information content (AvgIpc) is 2.84. The first-order chi connectivity index (χ1) is 11.7. The lowest BCUT2D eigenvalue weighted by molar-refractivity contribution is -0.123. The summed E-state index contributed by atoms with van der Waals surface area (Å²) in [5, 5.41) is 4.02. The molecule has 0 radical (unpaired) electrons. The van der Waals surface area contributed by atoms with Crippen molar-refractivity contribution in [2.45, 2.75) is 44.6 Å². The first kappa shape index (κ1) is 17.6. The number of hydrogen-bond donors (Lipinski definition) is 1. The number of nitrogens with one attached hydrogen (secondary N) is 1. The van der Waals surface area contributed by atoms with Gasteiger partial charge in [0, 0.05) is 42.9 Å². The molecular weight excluding hydrogens is 322 g/mol. The third kappa shape index (κ3) is 5.12. The maximum atomic E-state index is 12.3. The van der Waals surface area contributed by atoms with E-state index in [1.54, 1.807) is 0 Å². The summed E-state index contributed by atoms with van der Waals surface area (Å²) in [7, 11) is 0. The lowest BCUT2D eigenvalue weighted by Crippen LogP contribution is -2.50. The molecule has 1 saturated heterocycles. The molecule has 1 saturated carbocycles. The summed E-state index contributed by atoms with van der Waals surface area (Å²) in [6, 6.07) is 8.40. The van der Waals surface area contributed by atoms with E-state index in [4.69, 9.17) is 11.6 Å². The normalized spacial score (nSPS) is 20.6. The Morgan fingerprint density at radius 2 is 1.79 bits per heavy atom. The van der Waals surface area contributed by atoms with Crippen LogP contribution < -0.4 is 10.2 Å². The molecule has 1 aliphatic heterocycles. The summed E-state index contributed by atoms with van der Waals surface area (Å²) in [5.74, 6) is 0.193. The number of nitrogens with zero attached hydrogens (tertiary/aromatic N) is 2. The molecular formula is C19H28ClN3O. The minimum Gasteiger partial charge on any atom is -0.369 e. The van der Waals surface area contributed by atoms with Gasteiger partial charge in [-0.1, -0.05) is 43.4 Å². The highest BCUT2D eigenvalue weighted by Gasteiger charge is 2.21. The van der Waals surface area contributed by atoms with E-state index in [9.17, 15) is 4.79 Å². The van der Waals surface area contributed by atoms with Crippen molar-refractivity contribution < 1.29 is 4.79 Å². The maximum Gasteiger partial charge on any atom is 0.234 e. The number of halogens is 1. The van der Waals surface area contributed by atoms with Gasteiger partial charge in [-0.05, 0) is 31.0 Å². The third-order valence-electron chi connectivity index (χ3n) is 5.13. The van der Waals surface area contributed by atoms with Crippen LogP contribution in [-0.4, -0.2) is 49.6 Å². The topological polar surface area (TPSA) is 35.6 Å². The first-order valence-electron chi connectivity index (χ1n) is 9.23. The lowest BCUT2D eigenvalue weighted by Gasteiger charge is -2.36. The van der Waals surface area contributed by atoms with Crippen molar-refractivity contribution in [1.82, 2.24) is 10.2 Å². The van der Waals surface area contributed by atoms with Crippen molar-refractivity contribution in [2.75, 3.05) is 37.6 Å². The molecule has 24 heavy (non-hydrogen) atoms. The number of carbonyl (C=O) groups excluding carboxylic acids is 1. The Kier molecular flexibility index (Phi) is 6.38. The molecule has 1 aromatic rings. The SMILES string of the molecule is O=C(CN1CCN(c2cccc(Cl)c2)CC1)NC1CCCCCC1. The van der Waals surface area contributed by atoms with Crippen LogP contribution in [0.2, 0.25) is 5.02 Å². The summed E-state index contributed by atoms with van der Waals surface area (Å²) in [4.78, 5) is 16.9. The van der Waals surface area contributed by atoms with Crippen molar-refractivity contribution in [3.63, 3.8) is 0 Å². The smallest absolute Gasteiger partial charge is 0.234 e. The van der Waals surface area contributed by atoms with E-state index in [-0.39, 0.29) is 5.91 Å². The van der Waals surface area contributed by atoms with Gasteiger partial charge in [-0.2, -0.15) is 0 Å². The zero-order valence-corrected chi connectivity index (χ0v) is 15.1. The molecule has 1 N–H and O–H groups in total. The summed E-state index contributed by atoms with van der Waals surface area (Å²) in [6.07, 6.45) is 7.44. The molecule has 1 amide bonds. The first-order valence-corrected chi connectivity index (χ1v) is 9.61. The molecule has 5 heteroatoms. The number of benzene rings is 1. The number of carbonyl (C=O) groups is 1. The van der Waals surface area contributed by atoms with E-state index >= 15 is 0 Å². The Morgan fingerprint density at radius 1 is 1.08 bits per heavy atom. The van der Waals surface area contributed by atoms with Crippen LogP contribution in [0.5, 0.6) is 0 Å². The number of anilines is 1. The molecule has 1 aromatic carbocycles. The zero-order chi connectivity index (χ0) is 16.8. The molecule has 4 nitrogen and oxygen atoms in total. The second kappa shape index (κ2) is 8.72. The summed E-state index contributed by atoms with van der Waals surface area (Å²) in [5.41, 5.74) is 1.17. The summed E-state index contributed by atoms with van der Waals surface area (Å²) in [6.45, 7) is 4.25. The standard InChI is InChI=1S/C19H28ClN3O/c20-16-6-5-9-18(14-16)23-12-10-22(11-13-23)15-19(24)21-17-7-3-1-2-4-8-17/h5-6,9,14,17H,1-4,7-8,10-13,15H2,(H,21,24). The van der Waals surface area contributed by atoms with Gasteiger partial charge in [-0.3, -0.25) is 9.69 Å². The van der Waals surface area contributed by atoms with Crippen LogP contribution in [0.25, 0.3) is 0 Å². The van der Waals surface area contributed by atoms with Gasteiger partial charge in [-0.25, -0.2) is 0 Å². The van der Waals surface area contributed by atoms with Crippen molar-refractivity contribution >= 4 is 23.2 Å². The minimum atomic E-state index is 0.193. The lowest BCUT2D eigenvalue weighted by atomic mass is 10.1. The van der Waals surface area contributed by atoms with Crippen LogP contribution in [0.4, 0.5) is 5.69 Å². The Hall–Kier alpha value is -1.26. The van der Waals surface area contributed by atoms with Crippen molar-refractivity contribution in [1.29, 1.82) is 0 Å². The molecule has 1 heterocycles. The Bertz CT molecular complexity index is 535. The second-order valence-corrected chi connectivity index (χ2v) is 7.44. The van der Waals surface area contributed by atoms with Crippen molar-refractivity contribution in [2.24, 2.45) is 0 Å². The molecule has 0 bridgehead atoms. The summed E-state index contributed by atoms with van der Waals surface area (Å²) < 4.78 is 0. The van der Waals surface area contributed by atoms with Crippen molar-refractivity contribution in [3.8, 4) is 0 Å². The highest BCUT2D eigenvalue weighted by Crippen LogP contribution is 2.21. The number of hydrogen-bond acceptors (Lipinski definition) is 3. The van der Waals surface area contributed by atoms with Crippen LogP contribution >= 0.6 is 11.6 Å². The van der Waals surface area contributed by atoms with E-state index in [0.29, 0.717) is 12.6 Å². The maximum absolute atomic E-state index is 12.3. The van der Waals surface area contributed by atoms with Gasteiger partial charge in [0.25, 0.3) is 0 Å². The second-order valence-electron chi connectivity index (χ2n) is 7.00. The average molecular weight is 350 g/mol. The van der Waals surface area contributed by atoms with Crippen LogP contribution in [-0.2, 0) is 4.79 Å². The molecule has 132 valence electrons. The molecule has 2 aliphatic rings. The molecule has 0 unspecified atom stereocenters. The van der Waals surface area contributed by atoms with Gasteiger partial charge in [0.05, 0.1) is 6.54 Å². The zero-order valence-electron chi connectivity index (χ0n) is 14.3. The van der Waals surface area contributed by atoms with Crippen LogP contribution in [0.15, 0.2) is 24.3 Å². The van der Waals surface area contributed by atoms with Crippen molar-refractivity contribution in [3.05, 3.63) is 29.3 Å². The fourth-order valence-corrected chi connectivity index (χ4v) is 3.92. The molecule has 0 spiro atoms. The quantitative estimate of drug-likeness (QED) is 0.847. The minimum absolute atomic E-state index is 0.193. The van der Waals surface area contributed by atoms with Gasteiger partial charge >= 0.3 is 0 Å². The largest absolute Gasteiger partial charge is 0.369 e. The van der Waals surface area contributed by atoms with Crippen LogP contribution in [0.3, 0.4) is 0 Å². The monoisotopic (exact) mass is 349 g/mol. The highest BCUT2D eigenvalue weighted by atomic mass is 35.5. The molecule has 1 aliphatic carbocycles. The number of piperazine rings is 1. The third-order valence-corrected chi connectivity index (χ3v) is 5.37. The number of amides is 1. The van der Waals surface area contributed by atoms with Gasteiger partial charge in [0.15, 0.2) is 0 Å². The highest BCUT2D eigenvalue weighted by molar-refractivity contribution is 6.30.